The summed E-state index contributed by atoms with van der Waals surface area (Å²) in [4.78, 5) is 19.1. The first kappa shape index (κ1) is 25.7. The number of amides is 1. The Balaban J connectivity index is 0.00000420. The summed E-state index contributed by atoms with van der Waals surface area (Å²) in [6, 6.07) is 10.4. The van der Waals surface area contributed by atoms with Crippen molar-refractivity contribution < 1.29 is 4.79 Å². The van der Waals surface area contributed by atoms with Crippen LogP contribution < -0.4 is 10.6 Å². The molecule has 1 amide bonds. The highest BCUT2D eigenvalue weighted by Gasteiger charge is 2.29. The lowest BCUT2D eigenvalue weighted by Gasteiger charge is -2.19. The highest BCUT2D eigenvalue weighted by atomic mass is 127. The van der Waals surface area contributed by atoms with E-state index in [2.05, 4.69) is 62.6 Å². The van der Waals surface area contributed by atoms with Crippen LogP contribution in [0, 0.1) is 11.3 Å². The molecule has 0 saturated carbocycles. The van der Waals surface area contributed by atoms with Crippen LogP contribution in [0.5, 0.6) is 0 Å². The van der Waals surface area contributed by atoms with Crippen molar-refractivity contribution in [2.75, 3.05) is 32.7 Å². The highest BCUT2D eigenvalue weighted by Crippen LogP contribution is 2.20. The van der Waals surface area contributed by atoms with Crippen LogP contribution in [-0.4, -0.2) is 49.5 Å². The minimum atomic E-state index is 0. The van der Waals surface area contributed by atoms with Gasteiger partial charge in [-0.1, -0.05) is 51.1 Å². The number of aliphatic imine (C=N–C) groups is 1. The van der Waals surface area contributed by atoms with E-state index in [1.165, 1.54) is 12.0 Å². The third-order valence-corrected chi connectivity index (χ3v) is 5.06. The average Bonchev–Trinajstić information content (AvgIpc) is 3.01. The molecule has 1 atom stereocenters. The molecule has 1 saturated heterocycles. The molecule has 6 heteroatoms. The van der Waals surface area contributed by atoms with Gasteiger partial charge in [-0.3, -0.25) is 9.79 Å². The normalized spacial score (nSPS) is 17.2. The molecular weight excluding hydrogens is 475 g/mol. The lowest BCUT2D eigenvalue weighted by atomic mass is 9.91. The summed E-state index contributed by atoms with van der Waals surface area (Å²) in [6.07, 6.45) is 3.85. The molecule has 1 aromatic rings. The summed E-state index contributed by atoms with van der Waals surface area (Å²) in [5.41, 5.74) is 1.65. The van der Waals surface area contributed by atoms with E-state index < -0.39 is 0 Å². The molecule has 1 unspecified atom stereocenters. The molecule has 0 aromatic heterocycles. The van der Waals surface area contributed by atoms with Crippen LogP contribution in [-0.2, 0) is 11.2 Å². The third-order valence-electron chi connectivity index (χ3n) is 5.06. The second-order valence-electron chi connectivity index (χ2n) is 8.96. The van der Waals surface area contributed by atoms with Crippen molar-refractivity contribution in [3.05, 3.63) is 35.9 Å². The van der Waals surface area contributed by atoms with Crippen LogP contribution in [0.1, 0.15) is 52.5 Å². The van der Waals surface area contributed by atoms with Gasteiger partial charge in [0.2, 0.25) is 5.91 Å². The third kappa shape index (κ3) is 10.3. The van der Waals surface area contributed by atoms with E-state index >= 15 is 0 Å². The number of guanidine groups is 1. The van der Waals surface area contributed by atoms with Crippen molar-refractivity contribution >= 4 is 35.8 Å². The molecular formula is C23H39IN4O. The molecule has 0 spiro atoms. The molecule has 2 rings (SSSR count). The highest BCUT2D eigenvalue weighted by molar-refractivity contribution is 14.0. The molecule has 0 radical (unpaired) electrons. The Hall–Kier alpha value is -1.31. The van der Waals surface area contributed by atoms with E-state index in [-0.39, 0.29) is 29.9 Å². The second kappa shape index (κ2) is 13.1. The maximum atomic E-state index is 12.3. The Labute approximate surface area is 194 Å². The second-order valence-corrected chi connectivity index (χ2v) is 8.96. The van der Waals surface area contributed by atoms with Gasteiger partial charge in [-0.2, -0.15) is 0 Å². The number of nitrogens with zero attached hydrogens (tertiary/aromatic N) is 2. The molecule has 1 fully saturated rings. The summed E-state index contributed by atoms with van der Waals surface area (Å²) in [7, 11) is 0. The quantitative estimate of drug-likeness (QED) is 0.226. The number of nitrogens with one attached hydrogen (secondary N) is 2. The zero-order valence-corrected chi connectivity index (χ0v) is 20.9. The number of hydrogen-bond donors (Lipinski definition) is 2. The van der Waals surface area contributed by atoms with Crippen LogP contribution >= 0.6 is 24.0 Å². The van der Waals surface area contributed by atoms with Crippen LogP contribution in [0.4, 0.5) is 0 Å². The molecule has 29 heavy (non-hydrogen) atoms. The van der Waals surface area contributed by atoms with Crippen molar-refractivity contribution in [2.24, 2.45) is 16.3 Å². The van der Waals surface area contributed by atoms with E-state index in [1.54, 1.807) is 0 Å². The van der Waals surface area contributed by atoms with Gasteiger partial charge in [-0.05, 0) is 37.2 Å². The Morgan fingerprint density at radius 1 is 1.21 bits per heavy atom. The van der Waals surface area contributed by atoms with E-state index in [0.29, 0.717) is 24.3 Å². The smallest absolute Gasteiger partial charge is 0.223 e. The Bertz CT molecular complexity index is 628. The van der Waals surface area contributed by atoms with E-state index in [4.69, 9.17) is 4.99 Å². The van der Waals surface area contributed by atoms with Gasteiger partial charge in [-0.15, -0.1) is 24.0 Å². The first-order valence-corrected chi connectivity index (χ1v) is 10.7. The van der Waals surface area contributed by atoms with E-state index in [9.17, 15) is 4.79 Å². The van der Waals surface area contributed by atoms with Crippen molar-refractivity contribution in [1.82, 2.24) is 15.5 Å². The SMILES string of the molecule is CCNC(=NCC1CC(=O)N(CCc2ccccc2)C1)NCCCC(C)(C)C.I. The van der Waals surface area contributed by atoms with E-state index in [0.717, 1.165) is 45.0 Å². The predicted molar refractivity (Wildman–Crippen MR) is 133 cm³/mol. The lowest BCUT2D eigenvalue weighted by molar-refractivity contribution is -0.127. The van der Waals surface area contributed by atoms with Gasteiger partial charge in [0.15, 0.2) is 5.96 Å². The summed E-state index contributed by atoms with van der Waals surface area (Å²) in [5, 5.41) is 6.74. The van der Waals surface area contributed by atoms with Gasteiger partial charge >= 0.3 is 0 Å². The largest absolute Gasteiger partial charge is 0.357 e. The molecule has 1 heterocycles. The summed E-state index contributed by atoms with van der Waals surface area (Å²) >= 11 is 0. The summed E-state index contributed by atoms with van der Waals surface area (Å²) in [5.74, 6) is 1.44. The fourth-order valence-corrected chi connectivity index (χ4v) is 3.49. The van der Waals surface area contributed by atoms with Crippen LogP contribution in [0.25, 0.3) is 0 Å². The van der Waals surface area contributed by atoms with Gasteiger partial charge in [0.05, 0.1) is 0 Å². The zero-order chi connectivity index (χ0) is 20.4. The average molecular weight is 514 g/mol. The molecule has 2 N–H and O–H groups in total. The molecule has 164 valence electrons. The molecule has 1 aromatic carbocycles. The van der Waals surface area contributed by atoms with Crippen LogP contribution in [0.15, 0.2) is 35.3 Å². The Morgan fingerprint density at radius 3 is 2.59 bits per heavy atom. The zero-order valence-electron chi connectivity index (χ0n) is 18.5. The fraction of sp³-hybridized carbons (Fsp3) is 0.652. The maximum absolute atomic E-state index is 12.3. The number of hydrogen-bond acceptors (Lipinski definition) is 2. The fourth-order valence-electron chi connectivity index (χ4n) is 3.49. The minimum absolute atomic E-state index is 0. The number of likely N-dealkylation sites (tertiary alicyclic amines) is 1. The predicted octanol–water partition coefficient (Wildman–Crippen LogP) is 4.08. The molecule has 1 aliphatic heterocycles. The standard InChI is InChI=1S/C23H38N4O.HI/c1-5-24-22(25-14-9-13-23(2,3)4)26-17-20-16-21(28)27(18-20)15-12-19-10-7-6-8-11-19;/h6-8,10-11,20H,5,9,12-18H2,1-4H3,(H2,24,25,26);1H. The van der Waals surface area contributed by atoms with Gasteiger partial charge in [0.25, 0.3) is 0 Å². The van der Waals surface area contributed by atoms with Crippen LogP contribution in [0.3, 0.4) is 0 Å². The summed E-state index contributed by atoms with van der Waals surface area (Å²) < 4.78 is 0. The topological polar surface area (TPSA) is 56.7 Å². The molecule has 5 nitrogen and oxygen atoms in total. The monoisotopic (exact) mass is 514 g/mol. The first-order chi connectivity index (χ1) is 13.4. The number of carbonyl (C=O) groups is 1. The van der Waals surface area contributed by atoms with E-state index in [1.807, 2.05) is 11.0 Å². The molecule has 1 aliphatic rings. The summed E-state index contributed by atoms with van der Waals surface area (Å²) in [6.45, 7) is 13.0. The number of carbonyl (C=O) groups excluding carboxylic acids is 1. The van der Waals surface area contributed by atoms with Crippen molar-refractivity contribution in [3.63, 3.8) is 0 Å². The van der Waals surface area contributed by atoms with Crippen molar-refractivity contribution in [3.8, 4) is 0 Å². The Morgan fingerprint density at radius 2 is 1.93 bits per heavy atom. The first-order valence-electron chi connectivity index (χ1n) is 10.7. The number of benzene rings is 1. The van der Waals surface area contributed by atoms with Crippen LogP contribution in [0.2, 0.25) is 0 Å². The van der Waals surface area contributed by atoms with Gasteiger partial charge in [-0.25, -0.2) is 0 Å². The maximum Gasteiger partial charge on any atom is 0.223 e. The van der Waals surface area contributed by atoms with Gasteiger partial charge in [0, 0.05) is 45.1 Å². The van der Waals surface area contributed by atoms with Crippen molar-refractivity contribution in [1.29, 1.82) is 0 Å². The lowest BCUT2D eigenvalue weighted by Crippen LogP contribution is -2.38. The Kier molecular flexibility index (Phi) is 11.6. The van der Waals surface area contributed by atoms with Crippen molar-refractivity contribution in [2.45, 2.75) is 53.4 Å². The number of halogens is 1. The van der Waals surface area contributed by atoms with Gasteiger partial charge in [0.1, 0.15) is 0 Å². The molecule has 0 bridgehead atoms. The number of rotatable bonds is 9. The molecule has 0 aliphatic carbocycles. The van der Waals surface area contributed by atoms with Gasteiger partial charge < -0.3 is 15.5 Å². The minimum Gasteiger partial charge on any atom is -0.357 e.